The summed E-state index contributed by atoms with van der Waals surface area (Å²) in [4.78, 5) is 23.6. The number of benzene rings is 1. The van der Waals surface area contributed by atoms with Gasteiger partial charge in [0.2, 0.25) is 5.91 Å². The minimum Gasteiger partial charge on any atom is -0.343 e. The molecule has 8 nitrogen and oxygen atoms in total. The fourth-order valence-electron chi connectivity index (χ4n) is 2.48. The Kier molecular flexibility index (Phi) is 4.92. The molecule has 0 aliphatic rings. The van der Waals surface area contributed by atoms with E-state index in [1.54, 1.807) is 56.6 Å². The van der Waals surface area contributed by atoms with Gasteiger partial charge in [-0.2, -0.15) is 5.26 Å². The van der Waals surface area contributed by atoms with Gasteiger partial charge in [-0.05, 0) is 26.0 Å². The number of rotatable bonds is 5. The average molecular weight is 383 g/mol. The van der Waals surface area contributed by atoms with E-state index < -0.39 is 21.0 Å². The van der Waals surface area contributed by atoms with Gasteiger partial charge in [0.25, 0.3) is 0 Å². The predicted octanol–water partition coefficient (Wildman–Crippen LogP) is 2.66. The number of carbonyl (C=O) groups excluding carboxylic acids is 1. The summed E-state index contributed by atoms with van der Waals surface area (Å²) < 4.78 is 24.5. The van der Waals surface area contributed by atoms with Gasteiger partial charge in [-0.1, -0.05) is 12.1 Å². The lowest BCUT2D eigenvalue weighted by Crippen LogP contribution is -2.13. The van der Waals surface area contributed by atoms with Crippen molar-refractivity contribution in [2.75, 3.05) is 5.32 Å². The van der Waals surface area contributed by atoms with Crippen molar-refractivity contribution < 1.29 is 13.2 Å². The SMILES string of the molecule is CC(C)S(=O)(=O)c1ccc(-c2cnc3[nH]cc(NC(=O)CC#N)c3n2)cc1. The molecule has 0 bridgehead atoms. The van der Waals surface area contributed by atoms with E-state index in [0.717, 1.165) is 0 Å². The zero-order chi connectivity index (χ0) is 19.6. The van der Waals surface area contributed by atoms with Crippen LogP contribution in [0.5, 0.6) is 0 Å². The van der Waals surface area contributed by atoms with Gasteiger partial charge in [0, 0.05) is 11.8 Å². The number of anilines is 1. The Labute approximate surface area is 156 Å². The minimum absolute atomic E-state index is 0.251. The summed E-state index contributed by atoms with van der Waals surface area (Å²) >= 11 is 0. The molecule has 0 fully saturated rings. The predicted molar refractivity (Wildman–Crippen MR) is 101 cm³/mol. The lowest BCUT2D eigenvalue weighted by molar-refractivity contribution is -0.115. The van der Waals surface area contributed by atoms with Crippen LogP contribution < -0.4 is 5.32 Å². The molecule has 1 amide bonds. The highest BCUT2D eigenvalue weighted by Gasteiger charge is 2.19. The first kappa shape index (κ1) is 18.5. The van der Waals surface area contributed by atoms with E-state index in [4.69, 9.17) is 5.26 Å². The van der Waals surface area contributed by atoms with E-state index in [0.29, 0.717) is 28.1 Å². The zero-order valence-electron chi connectivity index (χ0n) is 14.7. The van der Waals surface area contributed by atoms with Crippen LogP contribution in [0.1, 0.15) is 20.3 Å². The zero-order valence-corrected chi connectivity index (χ0v) is 15.5. The quantitative estimate of drug-likeness (QED) is 0.697. The van der Waals surface area contributed by atoms with Crippen LogP contribution in [0.4, 0.5) is 5.69 Å². The summed E-state index contributed by atoms with van der Waals surface area (Å²) in [5, 5.41) is 10.7. The Hall–Kier alpha value is -3.25. The van der Waals surface area contributed by atoms with Gasteiger partial charge >= 0.3 is 0 Å². The van der Waals surface area contributed by atoms with Gasteiger partial charge in [-0.25, -0.2) is 18.4 Å². The van der Waals surface area contributed by atoms with Crippen molar-refractivity contribution in [3.63, 3.8) is 0 Å². The van der Waals surface area contributed by atoms with Crippen LogP contribution >= 0.6 is 0 Å². The number of aromatic nitrogens is 3. The van der Waals surface area contributed by atoms with Gasteiger partial charge in [0.1, 0.15) is 11.9 Å². The third-order valence-corrected chi connectivity index (χ3v) is 6.16. The molecular weight excluding hydrogens is 366 g/mol. The van der Waals surface area contributed by atoms with Gasteiger partial charge < -0.3 is 10.3 Å². The van der Waals surface area contributed by atoms with Crippen LogP contribution in [0.2, 0.25) is 0 Å². The number of sulfone groups is 1. The molecule has 2 N–H and O–H groups in total. The van der Waals surface area contributed by atoms with Crippen molar-refractivity contribution in [3.8, 4) is 17.3 Å². The Balaban J connectivity index is 1.95. The number of nitrogens with one attached hydrogen (secondary N) is 2. The molecule has 2 aromatic heterocycles. The smallest absolute Gasteiger partial charge is 0.238 e. The number of amides is 1. The van der Waals surface area contributed by atoms with Gasteiger partial charge in [0.05, 0.1) is 33.8 Å². The molecule has 2 heterocycles. The molecule has 138 valence electrons. The van der Waals surface area contributed by atoms with E-state index in [9.17, 15) is 13.2 Å². The molecule has 0 aliphatic carbocycles. The molecule has 1 aromatic carbocycles. The fraction of sp³-hybridized carbons (Fsp3) is 0.222. The Morgan fingerprint density at radius 1 is 1.30 bits per heavy atom. The van der Waals surface area contributed by atoms with Crippen molar-refractivity contribution in [2.45, 2.75) is 30.4 Å². The summed E-state index contributed by atoms with van der Waals surface area (Å²) in [5.74, 6) is -0.436. The van der Waals surface area contributed by atoms with Crippen molar-refractivity contribution in [2.24, 2.45) is 0 Å². The number of fused-ring (bicyclic) bond motifs is 1. The molecule has 9 heteroatoms. The van der Waals surface area contributed by atoms with E-state index in [2.05, 4.69) is 20.3 Å². The van der Waals surface area contributed by atoms with Crippen molar-refractivity contribution in [3.05, 3.63) is 36.7 Å². The maximum Gasteiger partial charge on any atom is 0.238 e. The molecule has 0 saturated carbocycles. The number of carbonyl (C=O) groups is 1. The maximum atomic E-state index is 12.2. The molecule has 3 rings (SSSR count). The van der Waals surface area contributed by atoms with Gasteiger partial charge in [-0.3, -0.25) is 4.79 Å². The summed E-state index contributed by atoms with van der Waals surface area (Å²) in [6, 6.07) is 8.22. The molecular formula is C18H17N5O3S. The van der Waals surface area contributed by atoms with E-state index in [1.165, 1.54) is 0 Å². The fourth-order valence-corrected chi connectivity index (χ4v) is 3.54. The number of hydrogen-bond acceptors (Lipinski definition) is 6. The third-order valence-electron chi connectivity index (χ3n) is 3.99. The Bertz CT molecular complexity index is 1140. The number of nitriles is 1. The highest BCUT2D eigenvalue weighted by molar-refractivity contribution is 7.92. The molecule has 0 spiro atoms. The lowest BCUT2D eigenvalue weighted by Gasteiger charge is -2.08. The summed E-state index contributed by atoms with van der Waals surface area (Å²) in [7, 11) is -3.34. The van der Waals surface area contributed by atoms with E-state index in [-0.39, 0.29) is 11.3 Å². The first-order valence-corrected chi connectivity index (χ1v) is 9.73. The van der Waals surface area contributed by atoms with Gasteiger partial charge in [0.15, 0.2) is 15.5 Å². The summed E-state index contributed by atoms with van der Waals surface area (Å²) in [6.07, 6.45) is 2.86. The summed E-state index contributed by atoms with van der Waals surface area (Å²) in [6.45, 7) is 3.27. The van der Waals surface area contributed by atoms with Crippen LogP contribution in [0, 0.1) is 11.3 Å². The number of aromatic amines is 1. The van der Waals surface area contributed by atoms with Crippen molar-refractivity contribution >= 4 is 32.6 Å². The second kappa shape index (κ2) is 7.17. The number of H-pyrrole nitrogens is 1. The molecule has 0 saturated heterocycles. The third kappa shape index (κ3) is 3.66. The summed E-state index contributed by atoms with van der Waals surface area (Å²) in [5.41, 5.74) is 2.61. The van der Waals surface area contributed by atoms with Crippen LogP contribution in [0.25, 0.3) is 22.4 Å². The molecule has 0 radical (unpaired) electrons. The second-order valence-corrected chi connectivity index (χ2v) is 8.66. The van der Waals surface area contributed by atoms with Crippen molar-refractivity contribution in [1.82, 2.24) is 15.0 Å². The Morgan fingerprint density at radius 2 is 2.00 bits per heavy atom. The van der Waals surface area contributed by atoms with Gasteiger partial charge in [-0.15, -0.1) is 0 Å². The van der Waals surface area contributed by atoms with E-state index in [1.807, 2.05) is 0 Å². The molecule has 0 unspecified atom stereocenters. The van der Waals surface area contributed by atoms with Crippen LogP contribution in [-0.4, -0.2) is 34.5 Å². The average Bonchev–Trinajstić information content (AvgIpc) is 3.04. The lowest BCUT2D eigenvalue weighted by atomic mass is 10.1. The highest BCUT2D eigenvalue weighted by atomic mass is 32.2. The second-order valence-electron chi connectivity index (χ2n) is 6.16. The Morgan fingerprint density at radius 3 is 2.63 bits per heavy atom. The standard InChI is InChI=1S/C18H17N5O3S/c1-11(2)27(25,26)13-5-3-12(4-6-13)14-9-20-18-17(23-14)15(10-21-18)22-16(24)7-8-19/h3-6,9-11H,7H2,1-2H3,(H,20,21)(H,22,24). The largest absolute Gasteiger partial charge is 0.343 e. The molecule has 0 aliphatic heterocycles. The first-order valence-electron chi connectivity index (χ1n) is 8.18. The number of hydrogen-bond donors (Lipinski definition) is 2. The normalized spacial score (nSPS) is 11.5. The van der Waals surface area contributed by atoms with E-state index >= 15 is 0 Å². The minimum atomic E-state index is -3.34. The highest BCUT2D eigenvalue weighted by Crippen LogP contribution is 2.25. The maximum absolute atomic E-state index is 12.2. The van der Waals surface area contributed by atoms with Crippen LogP contribution in [0.15, 0.2) is 41.6 Å². The topological polar surface area (TPSA) is 129 Å². The van der Waals surface area contributed by atoms with Crippen LogP contribution in [0.3, 0.4) is 0 Å². The first-order chi connectivity index (χ1) is 12.8. The number of nitrogens with zero attached hydrogens (tertiary/aromatic N) is 3. The molecule has 27 heavy (non-hydrogen) atoms. The molecule has 3 aromatic rings. The monoisotopic (exact) mass is 383 g/mol. The van der Waals surface area contributed by atoms with Crippen LogP contribution in [-0.2, 0) is 14.6 Å². The molecule has 0 atom stereocenters. The van der Waals surface area contributed by atoms with Crippen molar-refractivity contribution in [1.29, 1.82) is 5.26 Å².